The van der Waals surface area contributed by atoms with Gasteiger partial charge in [-0.2, -0.15) is 5.10 Å². The van der Waals surface area contributed by atoms with Gasteiger partial charge in [-0.05, 0) is 12.1 Å². The first kappa shape index (κ1) is 12.2. The van der Waals surface area contributed by atoms with E-state index in [0.29, 0.717) is 30.0 Å². The molecule has 1 aromatic carbocycles. The van der Waals surface area contributed by atoms with Crippen molar-refractivity contribution in [2.75, 3.05) is 18.0 Å². The number of hydrogen-bond donors (Lipinski definition) is 3. The number of aromatic nitrogens is 2. The molecule has 1 fully saturated rings. The molecule has 0 radical (unpaired) electrons. The molecule has 0 atom stereocenters. The van der Waals surface area contributed by atoms with Gasteiger partial charge in [-0.15, -0.1) is 0 Å². The molecule has 1 saturated heterocycles. The minimum atomic E-state index is -1.07. The number of carbonyl (C=O) groups excluding carboxylic acids is 1. The number of urea groups is 1. The first-order valence-electron chi connectivity index (χ1n) is 6.10. The first-order chi connectivity index (χ1) is 9.66. The van der Waals surface area contributed by atoms with Crippen molar-refractivity contribution in [3.63, 3.8) is 0 Å². The number of amides is 2. The van der Waals surface area contributed by atoms with Crippen LogP contribution in [0, 0.1) is 0 Å². The normalized spacial score (nSPS) is 14.4. The van der Waals surface area contributed by atoms with Crippen LogP contribution < -0.4 is 10.2 Å². The summed E-state index contributed by atoms with van der Waals surface area (Å²) in [5.74, 6) is -1.07. The van der Waals surface area contributed by atoms with Crippen LogP contribution in [0.2, 0.25) is 0 Å². The zero-order valence-corrected chi connectivity index (χ0v) is 10.5. The number of hydrogen-bond acceptors (Lipinski definition) is 3. The second kappa shape index (κ2) is 4.69. The molecule has 7 nitrogen and oxygen atoms in total. The van der Waals surface area contributed by atoms with Crippen LogP contribution in [0.25, 0.3) is 11.3 Å². The van der Waals surface area contributed by atoms with E-state index in [1.54, 1.807) is 4.90 Å². The van der Waals surface area contributed by atoms with Gasteiger partial charge in [-0.1, -0.05) is 18.2 Å². The third-order valence-electron chi connectivity index (χ3n) is 3.14. The maximum absolute atomic E-state index is 11.8. The second-order valence-electron chi connectivity index (χ2n) is 4.37. The number of carboxylic acid groups (broad SMARTS) is 1. The van der Waals surface area contributed by atoms with Crippen LogP contribution in [0.3, 0.4) is 0 Å². The number of nitrogens with one attached hydrogen (secondary N) is 2. The van der Waals surface area contributed by atoms with Crippen LogP contribution in [0.15, 0.2) is 30.3 Å². The van der Waals surface area contributed by atoms with E-state index >= 15 is 0 Å². The van der Waals surface area contributed by atoms with E-state index in [1.807, 2.05) is 24.3 Å². The van der Waals surface area contributed by atoms with Crippen molar-refractivity contribution < 1.29 is 14.7 Å². The van der Waals surface area contributed by atoms with Gasteiger partial charge in [0.2, 0.25) is 0 Å². The topological polar surface area (TPSA) is 98.3 Å². The van der Waals surface area contributed by atoms with Crippen LogP contribution in [0.1, 0.15) is 10.5 Å². The van der Waals surface area contributed by atoms with E-state index in [9.17, 15) is 9.59 Å². The van der Waals surface area contributed by atoms with Crippen molar-refractivity contribution in [2.45, 2.75) is 0 Å². The molecule has 2 aromatic rings. The highest BCUT2D eigenvalue weighted by Gasteiger charge is 2.24. The second-order valence-corrected chi connectivity index (χ2v) is 4.37. The average molecular weight is 272 g/mol. The third kappa shape index (κ3) is 1.99. The molecular formula is C13H12N4O3. The van der Waals surface area contributed by atoms with Crippen molar-refractivity contribution in [1.29, 1.82) is 0 Å². The highest BCUT2D eigenvalue weighted by molar-refractivity contribution is 5.98. The monoisotopic (exact) mass is 272 g/mol. The molecule has 2 amide bonds. The lowest BCUT2D eigenvalue weighted by atomic mass is 10.1. The Labute approximate surface area is 114 Å². The summed E-state index contributed by atoms with van der Waals surface area (Å²) < 4.78 is 0. The average Bonchev–Trinajstić information content (AvgIpc) is 3.07. The molecule has 0 aliphatic carbocycles. The van der Waals surface area contributed by atoms with Crippen LogP contribution in [0.4, 0.5) is 10.5 Å². The maximum Gasteiger partial charge on any atom is 0.353 e. The van der Waals surface area contributed by atoms with Gasteiger partial charge in [0.1, 0.15) is 5.69 Å². The highest BCUT2D eigenvalue weighted by Crippen LogP contribution is 2.30. The fourth-order valence-electron chi connectivity index (χ4n) is 2.20. The Hall–Kier alpha value is -2.83. The Morgan fingerprint density at radius 3 is 2.80 bits per heavy atom. The number of H-pyrrole nitrogens is 1. The number of rotatable bonds is 3. The summed E-state index contributed by atoms with van der Waals surface area (Å²) in [6.07, 6.45) is 0. The summed E-state index contributed by atoms with van der Waals surface area (Å²) in [6.45, 7) is 1.17. The Kier molecular flexibility index (Phi) is 2.86. The number of aromatic carboxylic acids is 1. The molecule has 0 bridgehead atoms. The standard InChI is InChI=1S/C13H12N4O3/c18-12(19)10-7-9(15-16-10)8-3-1-2-4-11(8)17-6-5-14-13(17)20/h1-4,7H,5-6H2,(H,14,20)(H,15,16)(H,18,19). The summed E-state index contributed by atoms with van der Waals surface area (Å²) in [5.41, 5.74) is 1.94. The minimum Gasteiger partial charge on any atom is -0.477 e. The predicted molar refractivity (Wildman–Crippen MR) is 71.7 cm³/mol. The quantitative estimate of drug-likeness (QED) is 0.784. The predicted octanol–water partition coefficient (Wildman–Crippen LogP) is 1.30. The minimum absolute atomic E-state index is 0.0145. The lowest BCUT2D eigenvalue weighted by molar-refractivity contribution is 0.0690. The molecule has 0 spiro atoms. The van der Waals surface area contributed by atoms with Gasteiger partial charge < -0.3 is 10.4 Å². The van der Waals surface area contributed by atoms with Crippen LogP contribution in [-0.2, 0) is 0 Å². The Balaban J connectivity index is 2.04. The maximum atomic E-state index is 11.8. The molecule has 1 aliphatic rings. The number of para-hydroxylation sites is 1. The fourth-order valence-corrected chi connectivity index (χ4v) is 2.20. The number of aromatic amines is 1. The van der Waals surface area contributed by atoms with Gasteiger partial charge >= 0.3 is 12.0 Å². The molecule has 1 aliphatic heterocycles. The number of benzene rings is 1. The molecule has 1 aromatic heterocycles. The Bertz CT molecular complexity index is 680. The SMILES string of the molecule is O=C(O)c1cc(-c2ccccc2N2CCNC2=O)n[nH]1. The number of nitrogens with zero attached hydrogens (tertiary/aromatic N) is 2. The summed E-state index contributed by atoms with van der Waals surface area (Å²) in [5, 5.41) is 18.1. The van der Waals surface area contributed by atoms with E-state index < -0.39 is 5.97 Å². The molecule has 0 unspecified atom stereocenters. The van der Waals surface area contributed by atoms with E-state index in [1.165, 1.54) is 6.07 Å². The summed E-state index contributed by atoms with van der Waals surface area (Å²) in [7, 11) is 0. The molecule has 20 heavy (non-hydrogen) atoms. The summed E-state index contributed by atoms with van der Waals surface area (Å²) in [4.78, 5) is 24.3. The van der Waals surface area contributed by atoms with Crippen molar-refractivity contribution >= 4 is 17.7 Å². The molecule has 3 rings (SSSR count). The van der Waals surface area contributed by atoms with Gasteiger partial charge in [0, 0.05) is 18.7 Å². The molecule has 0 saturated carbocycles. The summed E-state index contributed by atoms with van der Waals surface area (Å²) in [6, 6.07) is 8.57. The molecule has 2 heterocycles. The van der Waals surface area contributed by atoms with Crippen LogP contribution in [-0.4, -0.2) is 40.4 Å². The van der Waals surface area contributed by atoms with Gasteiger partial charge in [0.25, 0.3) is 0 Å². The van der Waals surface area contributed by atoms with Crippen molar-refractivity contribution in [3.8, 4) is 11.3 Å². The van der Waals surface area contributed by atoms with Crippen LogP contribution in [0.5, 0.6) is 0 Å². The first-order valence-corrected chi connectivity index (χ1v) is 6.10. The Morgan fingerprint density at radius 1 is 1.35 bits per heavy atom. The van der Waals surface area contributed by atoms with E-state index in [-0.39, 0.29) is 11.7 Å². The Morgan fingerprint density at radius 2 is 2.15 bits per heavy atom. The smallest absolute Gasteiger partial charge is 0.353 e. The van der Waals surface area contributed by atoms with E-state index in [2.05, 4.69) is 15.5 Å². The molecular weight excluding hydrogens is 260 g/mol. The molecule has 7 heteroatoms. The van der Waals surface area contributed by atoms with Gasteiger partial charge in [-0.3, -0.25) is 10.00 Å². The molecule has 3 N–H and O–H groups in total. The van der Waals surface area contributed by atoms with Crippen molar-refractivity contribution in [2.24, 2.45) is 0 Å². The van der Waals surface area contributed by atoms with Gasteiger partial charge in [0.05, 0.1) is 11.4 Å². The van der Waals surface area contributed by atoms with Crippen molar-refractivity contribution in [3.05, 3.63) is 36.0 Å². The lowest BCUT2D eigenvalue weighted by Gasteiger charge is -2.17. The summed E-state index contributed by atoms with van der Waals surface area (Å²) >= 11 is 0. The van der Waals surface area contributed by atoms with Gasteiger partial charge in [-0.25, -0.2) is 9.59 Å². The van der Waals surface area contributed by atoms with Gasteiger partial charge in [0.15, 0.2) is 0 Å². The van der Waals surface area contributed by atoms with E-state index in [0.717, 1.165) is 0 Å². The number of carbonyl (C=O) groups is 2. The molecule has 102 valence electrons. The lowest BCUT2D eigenvalue weighted by Crippen LogP contribution is -2.28. The van der Waals surface area contributed by atoms with Crippen LogP contribution >= 0.6 is 0 Å². The highest BCUT2D eigenvalue weighted by atomic mass is 16.4. The largest absolute Gasteiger partial charge is 0.477 e. The zero-order chi connectivity index (χ0) is 14.1. The number of carboxylic acids is 1. The third-order valence-corrected chi connectivity index (χ3v) is 3.14. The fraction of sp³-hybridized carbons (Fsp3) is 0.154. The van der Waals surface area contributed by atoms with Crippen molar-refractivity contribution in [1.82, 2.24) is 15.5 Å². The van der Waals surface area contributed by atoms with E-state index in [4.69, 9.17) is 5.11 Å². The zero-order valence-electron chi connectivity index (χ0n) is 10.5. The number of anilines is 1.